The topological polar surface area (TPSA) is 87.9 Å². The summed E-state index contributed by atoms with van der Waals surface area (Å²) < 4.78 is 0. The van der Waals surface area contributed by atoms with Gasteiger partial charge in [-0.2, -0.15) is 4.98 Å². The first-order valence-electron chi connectivity index (χ1n) is 8.16. The van der Waals surface area contributed by atoms with E-state index in [4.69, 9.17) is 5.73 Å². The van der Waals surface area contributed by atoms with Gasteiger partial charge < -0.3 is 10.6 Å². The van der Waals surface area contributed by atoms with Crippen molar-refractivity contribution in [1.29, 1.82) is 0 Å². The molecule has 0 saturated carbocycles. The van der Waals surface area contributed by atoms with Crippen molar-refractivity contribution in [1.82, 2.24) is 20.1 Å². The summed E-state index contributed by atoms with van der Waals surface area (Å²) in [7, 11) is 0. The highest BCUT2D eigenvalue weighted by molar-refractivity contribution is 5.90. The first-order chi connectivity index (χ1) is 10.2. The number of hydrogen-bond acceptors (Lipinski definition) is 4. The molecular formula is C15H29N5O. The minimum absolute atomic E-state index is 0.0906. The van der Waals surface area contributed by atoms with Gasteiger partial charge in [0, 0.05) is 13.1 Å². The summed E-state index contributed by atoms with van der Waals surface area (Å²) in [6.07, 6.45) is 9.22. The fourth-order valence-corrected chi connectivity index (χ4v) is 2.29. The molecule has 6 nitrogen and oxygen atoms in total. The number of rotatable bonds is 11. The van der Waals surface area contributed by atoms with Gasteiger partial charge in [-0.15, -0.1) is 5.10 Å². The molecule has 0 fully saturated rings. The van der Waals surface area contributed by atoms with Crippen LogP contribution in [0.2, 0.25) is 0 Å². The minimum Gasteiger partial charge on any atom is -0.366 e. The molecule has 1 aromatic heterocycles. The number of nitrogens with two attached hydrogens (primary N) is 1. The van der Waals surface area contributed by atoms with E-state index in [1.54, 1.807) is 0 Å². The zero-order valence-electron chi connectivity index (χ0n) is 13.4. The Morgan fingerprint density at radius 1 is 1.05 bits per heavy atom. The first-order valence-corrected chi connectivity index (χ1v) is 8.16. The van der Waals surface area contributed by atoms with E-state index in [1.165, 1.54) is 25.7 Å². The van der Waals surface area contributed by atoms with Crippen molar-refractivity contribution in [2.45, 2.75) is 65.2 Å². The third-order valence-corrected chi connectivity index (χ3v) is 3.56. The molecule has 0 atom stereocenters. The van der Waals surface area contributed by atoms with Gasteiger partial charge in [0.05, 0.1) is 0 Å². The largest absolute Gasteiger partial charge is 0.366 e. The van der Waals surface area contributed by atoms with Crippen LogP contribution < -0.4 is 5.73 Å². The molecule has 120 valence electrons. The fraction of sp³-hybridized carbons (Fsp3) is 0.800. The molecule has 0 bridgehead atoms. The number of unbranched alkanes of at least 4 members (excludes halogenated alkanes) is 6. The SMILES string of the molecule is CCCCCCN(CCCCCC)C(=O)c1nc(N)n[nH]1. The Morgan fingerprint density at radius 2 is 1.62 bits per heavy atom. The van der Waals surface area contributed by atoms with Crippen molar-refractivity contribution in [2.75, 3.05) is 18.8 Å². The molecule has 1 aromatic rings. The minimum atomic E-state index is -0.0906. The van der Waals surface area contributed by atoms with Crippen molar-refractivity contribution in [3.8, 4) is 0 Å². The lowest BCUT2D eigenvalue weighted by molar-refractivity contribution is 0.0737. The summed E-state index contributed by atoms with van der Waals surface area (Å²) in [5.41, 5.74) is 5.47. The second-order valence-electron chi connectivity index (χ2n) is 5.46. The van der Waals surface area contributed by atoms with E-state index < -0.39 is 0 Å². The van der Waals surface area contributed by atoms with Crippen molar-refractivity contribution in [2.24, 2.45) is 0 Å². The summed E-state index contributed by atoms with van der Waals surface area (Å²) in [5.74, 6) is 0.279. The van der Waals surface area contributed by atoms with Crippen LogP contribution in [-0.2, 0) is 0 Å². The maximum absolute atomic E-state index is 12.4. The third kappa shape index (κ3) is 6.60. The molecule has 0 unspecified atom stereocenters. The third-order valence-electron chi connectivity index (χ3n) is 3.56. The molecule has 1 heterocycles. The zero-order valence-corrected chi connectivity index (χ0v) is 13.4. The number of aromatic amines is 1. The number of amides is 1. The van der Waals surface area contributed by atoms with Gasteiger partial charge in [0.15, 0.2) is 0 Å². The van der Waals surface area contributed by atoms with E-state index in [-0.39, 0.29) is 17.7 Å². The molecule has 0 saturated heterocycles. The lowest BCUT2D eigenvalue weighted by atomic mass is 10.1. The molecule has 21 heavy (non-hydrogen) atoms. The molecule has 0 aliphatic heterocycles. The summed E-state index contributed by atoms with van der Waals surface area (Å²) in [4.78, 5) is 18.2. The molecule has 0 aliphatic carbocycles. The van der Waals surface area contributed by atoms with E-state index in [0.717, 1.165) is 38.8 Å². The van der Waals surface area contributed by atoms with E-state index in [1.807, 2.05) is 4.90 Å². The van der Waals surface area contributed by atoms with Crippen LogP contribution in [0.1, 0.15) is 75.8 Å². The molecule has 6 heteroatoms. The Balaban J connectivity index is 2.50. The van der Waals surface area contributed by atoms with Gasteiger partial charge in [-0.1, -0.05) is 52.4 Å². The summed E-state index contributed by atoms with van der Waals surface area (Å²) in [6.45, 7) is 5.94. The van der Waals surface area contributed by atoms with Gasteiger partial charge in [0.1, 0.15) is 0 Å². The second kappa shape index (κ2) is 10.2. The maximum Gasteiger partial charge on any atom is 0.291 e. The lowest BCUT2D eigenvalue weighted by Gasteiger charge is -2.21. The molecule has 0 spiro atoms. The van der Waals surface area contributed by atoms with Crippen LogP contribution in [0, 0.1) is 0 Å². The number of carbonyl (C=O) groups excluding carboxylic acids is 1. The Morgan fingerprint density at radius 3 is 2.05 bits per heavy atom. The average molecular weight is 295 g/mol. The zero-order chi connectivity index (χ0) is 15.5. The monoisotopic (exact) mass is 295 g/mol. The van der Waals surface area contributed by atoms with Crippen LogP contribution >= 0.6 is 0 Å². The van der Waals surface area contributed by atoms with E-state index >= 15 is 0 Å². The van der Waals surface area contributed by atoms with Crippen LogP contribution in [0.3, 0.4) is 0 Å². The Bertz CT molecular complexity index is 393. The Kier molecular flexibility index (Phi) is 8.47. The van der Waals surface area contributed by atoms with E-state index in [0.29, 0.717) is 0 Å². The second-order valence-corrected chi connectivity index (χ2v) is 5.46. The van der Waals surface area contributed by atoms with Crippen molar-refractivity contribution in [3.05, 3.63) is 5.82 Å². The number of hydrogen-bond donors (Lipinski definition) is 2. The number of H-pyrrole nitrogens is 1. The van der Waals surface area contributed by atoms with Gasteiger partial charge in [-0.25, -0.2) is 0 Å². The molecule has 0 aliphatic rings. The van der Waals surface area contributed by atoms with Gasteiger partial charge in [-0.05, 0) is 12.8 Å². The highest BCUT2D eigenvalue weighted by Gasteiger charge is 2.18. The number of aromatic nitrogens is 3. The Hall–Kier alpha value is -1.59. The number of nitrogens with zero attached hydrogens (tertiary/aromatic N) is 3. The maximum atomic E-state index is 12.4. The van der Waals surface area contributed by atoms with E-state index in [9.17, 15) is 4.79 Å². The number of carbonyl (C=O) groups is 1. The van der Waals surface area contributed by atoms with Crippen molar-refractivity contribution in [3.63, 3.8) is 0 Å². The van der Waals surface area contributed by atoms with Gasteiger partial charge >= 0.3 is 0 Å². The number of nitrogen functional groups attached to an aromatic ring is 1. The standard InChI is InChI=1S/C15H29N5O/c1-3-5-7-9-11-20(12-10-8-6-4-2)14(21)13-17-15(16)19-18-13/h3-12H2,1-2H3,(H3,16,17,18,19). The van der Waals surface area contributed by atoms with Gasteiger partial charge in [-0.3, -0.25) is 9.89 Å². The predicted molar refractivity (Wildman–Crippen MR) is 85.0 cm³/mol. The summed E-state index contributed by atoms with van der Waals surface area (Å²) >= 11 is 0. The quantitative estimate of drug-likeness (QED) is 0.614. The molecule has 1 rings (SSSR count). The number of anilines is 1. The van der Waals surface area contributed by atoms with Gasteiger partial charge in [0.2, 0.25) is 11.8 Å². The Labute approximate surface area is 127 Å². The predicted octanol–water partition coefficient (Wildman–Crippen LogP) is 2.99. The molecule has 3 N–H and O–H groups in total. The average Bonchev–Trinajstić information content (AvgIpc) is 2.91. The molecular weight excluding hydrogens is 266 g/mol. The van der Waals surface area contributed by atoms with Crippen molar-refractivity contribution < 1.29 is 4.79 Å². The van der Waals surface area contributed by atoms with Crippen LogP contribution in [0.25, 0.3) is 0 Å². The highest BCUT2D eigenvalue weighted by atomic mass is 16.2. The normalized spacial score (nSPS) is 10.8. The van der Waals surface area contributed by atoms with Crippen LogP contribution in [0.4, 0.5) is 5.95 Å². The smallest absolute Gasteiger partial charge is 0.291 e. The van der Waals surface area contributed by atoms with E-state index in [2.05, 4.69) is 29.0 Å². The number of nitrogens with one attached hydrogen (secondary N) is 1. The first kappa shape index (κ1) is 17.5. The summed E-state index contributed by atoms with van der Waals surface area (Å²) in [5, 5.41) is 6.35. The molecule has 1 amide bonds. The van der Waals surface area contributed by atoms with Crippen LogP contribution in [0.5, 0.6) is 0 Å². The van der Waals surface area contributed by atoms with Crippen LogP contribution in [0.15, 0.2) is 0 Å². The van der Waals surface area contributed by atoms with Crippen molar-refractivity contribution >= 4 is 11.9 Å². The lowest BCUT2D eigenvalue weighted by Crippen LogP contribution is -2.33. The molecule has 0 aromatic carbocycles. The summed E-state index contributed by atoms with van der Waals surface area (Å²) in [6, 6.07) is 0. The van der Waals surface area contributed by atoms with Crippen LogP contribution in [-0.4, -0.2) is 39.1 Å². The molecule has 0 radical (unpaired) electrons. The highest BCUT2D eigenvalue weighted by Crippen LogP contribution is 2.08. The van der Waals surface area contributed by atoms with Gasteiger partial charge in [0.25, 0.3) is 5.91 Å². The fourth-order valence-electron chi connectivity index (χ4n) is 2.29.